The monoisotopic (exact) mass is 426 g/mol. The molecule has 0 atom stereocenters. The molecular formula is C25H26N6O. The number of Topliss-reactive ketones (excluding diaryl/α,β-unsaturated/α-hetero) is 1. The van der Waals surface area contributed by atoms with Crippen LogP contribution < -0.4 is 4.90 Å². The third-order valence-corrected chi connectivity index (χ3v) is 6.22. The molecule has 1 aliphatic heterocycles. The number of carbonyl (C=O) groups is 1. The number of nitrogens with zero attached hydrogens (tertiary/aromatic N) is 6. The summed E-state index contributed by atoms with van der Waals surface area (Å²) in [6.45, 7) is 1.87. The quantitative estimate of drug-likeness (QED) is 0.441. The Kier molecular flexibility index (Phi) is 5.19. The molecule has 1 fully saturated rings. The van der Waals surface area contributed by atoms with E-state index in [2.05, 4.69) is 57.0 Å². The van der Waals surface area contributed by atoms with Crippen molar-refractivity contribution in [2.75, 3.05) is 32.1 Å². The van der Waals surface area contributed by atoms with Crippen LogP contribution in [-0.2, 0) is 13.5 Å². The van der Waals surface area contributed by atoms with Crippen molar-refractivity contribution in [2.45, 2.75) is 12.5 Å². The van der Waals surface area contributed by atoms with Crippen molar-refractivity contribution >= 4 is 22.4 Å². The summed E-state index contributed by atoms with van der Waals surface area (Å²) in [5.74, 6) is 0.911. The van der Waals surface area contributed by atoms with Crippen LogP contribution in [0.15, 0.2) is 61.3 Å². The molecule has 0 N–H and O–H groups in total. The number of benzene rings is 1. The average molecular weight is 427 g/mol. The van der Waals surface area contributed by atoms with Gasteiger partial charge in [-0.3, -0.25) is 9.78 Å². The van der Waals surface area contributed by atoms with E-state index >= 15 is 0 Å². The minimum atomic E-state index is 0.0490. The lowest BCUT2D eigenvalue weighted by Gasteiger charge is -2.43. The molecule has 0 saturated carbocycles. The van der Waals surface area contributed by atoms with Crippen LogP contribution in [0.2, 0.25) is 0 Å². The Balaban J connectivity index is 1.34. The summed E-state index contributed by atoms with van der Waals surface area (Å²) < 4.78 is 1.99. The standard InChI is InChI=1S/C25H26N6O/c1-29(2)22-14-31(15-22)25-10-18(6-7-27-25)24(32)11-21-9-20-8-17(4-5-19(20)12-28-21)23-13-26-16-30(23)3/h4-10,12-13,16,22H,11,14-15H2,1-3H3. The zero-order valence-corrected chi connectivity index (χ0v) is 18.6. The van der Waals surface area contributed by atoms with Crippen molar-refractivity contribution in [2.24, 2.45) is 7.05 Å². The molecule has 3 aromatic heterocycles. The summed E-state index contributed by atoms with van der Waals surface area (Å²) in [4.78, 5) is 30.6. The van der Waals surface area contributed by atoms with Crippen molar-refractivity contribution in [1.82, 2.24) is 24.4 Å². The van der Waals surface area contributed by atoms with Gasteiger partial charge in [0.1, 0.15) is 5.82 Å². The predicted molar refractivity (Wildman–Crippen MR) is 126 cm³/mol. The number of ketones is 1. The van der Waals surface area contributed by atoms with Gasteiger partial charge in [-0.2, -0.15) is 0 Å². The number of aryl methyl sites for hydroxylation is 1. The number of likely N-dealkylation sites (N-methyl/N-ethyl adjacent to an activating group) is 1. The van der Waals surface area contributed by atoms with Crippen LogP contribution in [0.3, 0.4) is 0 Å². The maximum atomic E-state index is 13.0. The Bertz CT molecular complexity index is 1290. The summed E-state index contributed by atoms with van der Waals surface area (Å²) in [5, 5.41) is 2.11. The SMILES string of the molecule is CN(C)C1CN(c2cc(C(=O)Cc3cc4cc(-c5cncn5C)ccc4cn3)ccn2)C1. The molecular weight excluding hydrogens is 400 g/mol. The van der Waals surface area contributed by atoms with E-state index in [1.807, 2.05) is 36.1 Å². The first-order chi connectivity index (χ1) is 15.5. The predicted octanol–water partition coefficient (Wildman–Crippen LogP) is 3.21. The second-order valence-corrected chi connectivity index (χ2v) is 8.65. The topological polar surface area (TPSA) is 67.2 Å². The highest BCUT2D eigenvalue weighted by molar-refractivity contribution is 5.98. The van der Waals surface area contributed by atoms with Gasteiger partial charge in [0.05, 0.1) is 24.6 Å². The molecule has 4 heterocycles. The van der Waals surface area contributed by atoms with Crippen molar-refractivity contribution in [3.8, 4) is 11.3 Å². The van der Waals surface area contributed by atoms with Crippen molar-refractivity contribution in [3.63, 3.8) is 0 Å². The Hall–Kier alpha value is -3.58. The first-order valence-electron chi connectivity index (χ1n) is 10.7. The van der Waals surface area contributed by atoms with Crippen molar-refractivity contribution < 1.29 is 4.79 Å². The minimum Gasteiger partial charge on any atom is -0.353 e. The van der Waals surface area contributed by atoms with E-state index in [9.17, 15) is 4.79 Å². The van der Waals surface area contributed by atoms with E-state index in [4.69, 9.17) is 0 Å². The van der Waals surface area contributed by atoms with Gasteiger partial charge in [0.15, 0.2) is 5.78 Å². The molecule has 0 amide bonds. The molecule has 4 aromatic rings. The first kappa shape index (κ1) is 20.3. The first-order valence-corrected chi connectivity index (χ1v) is 10.7. The number of hydrogen-bond acceptors (Lipinski definition) is 6. The molecule has 7 heteroatoms. The zero-order valence-electron chi connectivity index (χ0n) is 18.6. The average Bonchev–Trinajstić information content (AvgIpc) is 3.18. The maximum Gasteiger partial charge on any atom is 0.169 e. The van der Waals surface area contributed by atoms with Gasteiger partial charge in [-0.25, -0.2) is 9.97 Å². The Morgan fingerprint density at radius 2 is 1.91 bits per heavy atom. The van der Waals surface area contributed by atoms with Crippen LogP contribution in [0.5, 0.6) is 0 Å². The van der Waals surface area contributed by atoms with Crippen LogP contribution in [0.25, 0.3) is 22.0 Å². The molecule has 162 valence electrons. The minimum absolute atomic E-state index is 0.0490. The molecule has 0 radical (unpaired) electrons. The number of hydrogen-bond donors (Lipinski definition) is 0. The third kappa shape index (κ3) is 3.87. The van der Waals surface area contributed by atoms with E-state index in [-0.39, 0.29) is 12.2 Å². The van der Waals surface area contributed by atoms with Gasteiger partial charge < -0.3 is 14.4 Å². The van der Waals surface area contributed by atoms with Gasteiger partial charge in [-0.05, 0) is 43.7 Å². The van der Waals surface area contributed by atoms with Crippen LogP contribution in [0, 0.1) is 0 Å². The van der Waals surface area contributed by atoms with Crippen molar-refractivity contribution in [1.29, 1.82) is 0 Å². The normalized spacial score (nSPS) is 14.2. The van der Waals surface area contributed by atoms with E-state index in [1.165, 1.54) is 0 Å². The zero-order chi connectivity index (χ0) is 22.2. The number of aromatic nitrogens is 4. The van der Waals surface area contributed by atoms with E-state index in [0.717, 1.165) is 46.6 Å². The van der Waals surface area contributed by atoms with Gasteiger partial charge in [0, 0.05) is 60.8 Å². The molecule has 0 unspecified atom stereocenters. The molecule has 5 rings (SSSR count). The number of anilines is 1. The Morgan fingerprint density at radius 1 is 1.06 bits per heavy atom. The van der Waals surface area contributed by atoms with E-state index in [0.29, 0.717) is 11.6 Å². The highest BCUT2D eigenvalue weighted by Gasteiger charge is 2.29. The number of fused-ring (bicyclic) bond motifs is 1. The largest absolute Gasteiger partial charge is 0.353 e. The Labute approximate surface area is 187 Å². The highest BCUT2D eigenvalue weighted by atomic mass is 16.1. The number of pyridine rings is 2. The lowest BCUT2D eigenvalue weighted by Crippen LogP contribution is -2.57. The second kappa shape index (κ2) is 8.16. The molecule has 1 aromatic carbocycles. The molecule has 7 nitrogen and oxygen atoms in total. The fourth-order valence-electron chi connectivity index (χ4n) is 4.08. The van der Waals surface area contributed by atoms with Crippen LogP contribution >= 0.6 is 0 Å². The summed E-state index contributed by atoms with van der Waals surface area (Å²) in [6, 6.07) is 12.5. The van der Waals surface area contributed by atoms with Gasteiger partial charge >= 0.3 is 0 Å². The second-order valence-electron chi connectivity index (χ2n) is 8.65. The molecule has 1 saturated heterocycles. The molecule has 1 aliphatic rings. The smallest absolute Gasteiger partial charge is 0.169 e. The lowest BCUT2D eigenvalue weighted by molar-refractivity contribution is 0.0992. The van der Waals surface area contributed by atoms with Crippen molar-refractivity contribution in [3.05, 3.63) is 72.6 Å². The fraction of sp³-hybridized carbons (Fsp3) is 0.280. The number of carbonyl (C=O) groups excluding carboxylic acids is 1. The van der Waals surface area contributed by atoms with E-state index in [1.54, 1.807) is 18.6 Å². The molecule has 0 aliphatic carbocycles. The van der Waals surface area contributed by atoms with Crippen LogP contribution in [-0.4, -0.2) is 63.4 Å². The number of rotatable bonds is 6. The lowest BCUT2D eigenvalue weighted by atomic mass is 10.0. The fourth-order valence-corrected chi connectivity index (χ4v) is 4.08. The summed E-state index contributed by atoms with van der Waals surface area (Å²) in [7, 11) is 6.16. The van der Waals surface area contributed by atoms with Gasteiger partial charge in [0.2, 0.25) is 0 Å². The summed E-state index contributed by atoms with van der Waals surface area (Å²) >= 11 is 0. The van der Waals surface area contributed by atoms with Gasteiger partial charge in [-0.15, -0.1) is 0 Å². The Morgan fingerprint density at radius 3 is 2.66 bits per heavy atom. The van der Waals surface area contributed by atoms with E-state index < -0.39 is 0 Å². The van der Waals surface area contributed by atoms with Gasteiger partial charge in [0.25, 0.3) is 0 Å². The number of imidazole rings is 1. The third-order valence-electron chi connectivity index (χ3n) is 6.22. The van der Waals surface area contributed by atoms with Gasteiger partial charge in [-0.1, -0.05) is 12.1 Å². The van der Waals surface area contributed by atoms with Crippen LogP contribution in [0.4, 0.5) is 5.82 Å². The maximum absolute atomic E-state index is 13.0. The molecule has 32 heavy (non-hydrogen) atoms. The molecule has 0 spiro atoms. The summed E-state index contributed by atoms with van der Waals surface area (Å²) in [6.07, 6.45) is 7.46. The summed E-state index contributed by atoms with van der Waals surface area (Å²) in [5.41, 5.74) is 3.58. The van der Waals surface area contributed by atoms with Crippen LogP contribution in [0.1, 0.15) is 16.1 Å². The highest BCUT2D eigenvalue weighted by Crippen LogP contribution is 2.25. The molecule has 0 bridgehead atoms.